The molecule has 0 aliphatic heterocycles. The Labute approximate surface area is 118 Å². The average molecular weight is 272 g/mol. The van der Waals surface area contributed by atoms with Crippen molar-refractivity contribution >= 4 is 5.97 Å². The molecular weight excluding hydrogens is 252 g/mol. The van der Waals surface area contributed by atoms with Crippen molar-refractivity contribution in [2.24, 2.45) is 0 Å². The number of carbonyl (C=O) groups is 1. The van der Waals surface area contributed by atoms with E-state index in [1.54, 1.807) is 0 Å². The molecular formula is C16H20N2O2. The molecule has 2 N–H and O–H groups in total. The maximum absolute atomic E-state index is 10.6. The minimum Gasteiger partial charge on any atom is -0.481 e. The monoisotopic (exact) mass is 272 g/mol. The molecule has 2 aromatic rings. The Kier molecular flexibility index (Phi) is 3.93. The molecule has 0 bridgehead atoms. The molecule has 0 amide bonds. The fraction of sp³-hybridized carbons (Fsp3) is 0.375. The van der Waals surface area contributed by atoms with Gasteiger partial charge in [-0.25, -0.2) is 0 Å². The van der Waals surface area contributed by atoms with Crippen LogP contribution in [0.2, 0.25) is 0 Å². The van der Waals surface area contributed by atoms with Crippen LogP contribution in [0.3, 0.4) is 0 Å². The summed E-state index contributed by atoms with van der Waals surface area (Å²) in [5.41, 5.74) is 7.86. The van der Waals surface area contributed by atoms with Gasteiger partial charge in [0.2, 0.25) is 0 Å². The number of aromatic nitrogens is 2. The fourth-order valence-corrected chi connectivity index (χ4v) is 2.46. The van der Waals surface area contributed by atoms with Gasteiger partial charge in [-0.3, -0.25) is 9.89 Å². The van der Waals surface area contributed by atoms with Gasteiger partial charge in [0.25, 0.3) is 0 Å². The van der Waals surface area contributed by atoms with Crippen molar-refractivity contribution in [3.05, 3.63) is 40.1 Å². The second-order valence-electron chi connectivity index (χ2n) is 5.31. The summed E-state index contributed by atoms with van der Waals surface area (Å²) in [6.07, 6.45) is 0.595. The highest BCUT2D eigenvalue weighted by molar-refractivity contribution is 5.71. The molecule has 2 rings (SSSR count). The number of hydrogen-bond acceptors (Lipinski definition) is 2. The normalized spacial score (nSPS) is 10.8. The number of nitrogens with zero attached hydrogens (tertiary/aromatic N) is 1. The highest BCUT2D eigenvalue weighted by Crippen LogP contribution is 2.30. The Hall–Kier alpha value is -2.10. The van der Waals surface area contributed by atoms with Gasteiger partial charge < -0.3 is 5.11 Å². The number of rotatable bonds is 4. The van der Waals surface area contributed by atoms with Crippen LogP contribution in [0, 0.1) is 27.7 Å². The summed E-state index contributed by atoms with van der Waals surface area (Å²) in [6, 6.07) is 4.14. The first-order chi connectivity index (χ1) is 9.40. The van der Waals surface area contributed by atoms with Crippen LogP contribution < -0.4 is 0 Å². The number of aryl methyl sites for hydroxylation is 3. The summed E-state index contributed by atoms with van der Waals surface area (Å²) in [7, 11) is 0. The predicted molar refractivity (Wildman–Crippen MR) is 78.9 cm³/mol. The van der Waals surface area contributed by atoms with E-state index >= 15 is 0 Å². The molecule has 0 aliphatic rings. The zero-order valence-corrected chi connectivity index (χ0v) is 12.4. The summed E-state index contributed by atoms with van der Waals surface area (Å²) >= 11 is 0. The minimum absolute atomic E-state index is 0.118. The van der Waals surface area contributed by atoms with E-state index in [1.165, 1.54) is 22.3 Å². The van der Waals surface area contributed by atoms with Gasteiger partial charge in [-0.1, -0.05) is 6.07 Å². The number of nitrogens with one attached hydrogen (secondary N) is 1. The number of H-pyrrole nitrogens is 1. The average Bonchev–Trinajstić information content (AvgIpc) is 2.83. The lowest BCUT2D eigenvalue weighted by Crippen LogP contribution is -1.97. The van der Waals surface area contributed by atoms with E-state index in [-0.39, 0.29) is 6.42 Å². The summed E-state index contributed by atoms with van der Waals surface area (Å²) in [4.78, 5) is 10.6. The van der Waals surface area contributed by atoms with Crippen molar-refractivity contribution in [3.63, 3.8) is 0 Å². The molecule has 0 radical (unpaired) electrons. The summed E-state index contributed by atoms with van der Waals surface area (Å²) in [5.74, 6) is -0.792. The molecule has 106 valence electrons. The molecule has 20 heavy (non-hydrogen) atoms. The lowest BCUT2D eigenvalue weighted by atomic mass is 9.92. The van der Waals surface area contributed by atoms with E-state index < -0.39 is 5.97 Å². The molecule has 1 heterocycles. The molecule has 1 aromatic heterocycles. The van der Waals surface area contributed by atoms with Crippen molar-refractivity contribution in [2.45, 2.75) is 40.5 Å². The highest BCUT2D eigenvalue weighted by atomic mass is 16.4. The highest BCUT2D eigenvalue weighted by Gasteiger charge is 2.13. The number of carboxylic acids is 1. The maximum Gasteiger partial charge on any atom is 0.303 e. The van der Waals surface area contributed by atoms with E-state index in [2.05, 4.69) is 44.0 Å². The Morgan fingerprint density at radius 3 is 2.30 bits per heavy atom. The number of aliphatic carboxylic acids is 1. The topological polar surface area (TPSA) is 66.0 Å². The summed E-state index contributed by atoms with van der Waals surface area (Å²) < 4.78 is 0. The first-order valence-corrected chi connectivity index (χ1v) is 6.74. The largest absolute Gasteiger partial charge is 0.481 e. The van der Waals surface area contributed by atoms with Gasteiger partial charge >= 0.3 is 5.97 Å². The SMILES string of the molecule is Cc1cc(C)c(C)c(-c2cc(CCC(=O)O)[nH]n2)c1C. The van der Waals surface area contributed by atoms with Gasteiger partial charge in [0.05, 0.1) is 12.1 Å². The Bertz CT molecular complexity index is 630. The second-order valence-corrected chi connectivity index (χ2v) is 5.31. The zero-order valence-electron chi connectivity index (χ0n) is 12.4. The third-order valence-corrected chi connectivity index (χ3v) is 3.86. The summed E-state index contributed by atoms with van der Waals surface area (Å²) in [6.45, 7) is 8.40. The number of benzene rings is 1. The van der Waals surface area contributed by atoms with Gasteiger partial charge in [0.15, 0.2) is 0 Å². The molecule has 0 aliphatic carbocycles. The molecule has 1 aromatic carbocycles. The Morgan fingerprint density at radius 1 is 1.15 bits per heavy atom. The van der Waals surface area contributed by atoms with Gasteiger partial charge in [-0.05, 0) is 62.4 Å². The number of aromatic amines is 1. The van der Waals surface area contributed by atoms with Gasteiger partial charge in [-0.15, -0.1) is 0 Å². The third-order valence-electron chi connectivity index (χ3n) is 3.86. The van der Waals surface area contributed by atoms with Crippen molar-refractivity contribution in [1.82, 2.24) is 10.2 Å². The predicted octanol–water partition coefficient (Wildman–Crippen LogP) is 3.33. The minimum atomic E-state index is -0.792. The van der Waals surface area contributed by atoms with Crippen LogP contribution in [0.5, 0.6) is 0 Å². The number of hydrogen-bond donors (Lipinski definition) is 2. The van der Waals surface area contributed by atoms with E-state index in [4.69, 9.17) is 5.11 Å². The van der Waals surface area contributed by atoms with Crippen LogP contribution in [-0.4, -0.2) is 21.3 Å². The van der Waals surface area contributed by atoms with Crippen LogP contribution in [0.1, 0.15) is 34.4 Å². The van der Waals surface area contributed by atoms with E-state index in [1.807, 2.05) is 6.07 Å². The van der Waals surface area contributed by atoms with Crippen LogP contribution in [0.25, 0.3) is 11.3 Å². The maximum atomic E-state index is 10.6. The first kappa shape index (κ1) is 14.3. The van der Waals surface area contributed by atoms with Gasteiger partial charge in [0, 0.05) is 11.3 Å². The van der Waals surface area contributed by atoms with Gasteiger partial charge in [0.1, 0.15) is 0 Å². The van der Waals surface area contributed by atoms with Crippen LogP contribution >= 0.6 is 0 Å². The first-order valence-electron chi connectivity index (χ1n) is 6.74. The molecule has 0 spiro atoms. The molecule has 0 fully saturated rings. The molecule has 0 atom stereocenters. The molecule has 0 saturated carbocycles. The lowest BCUT2D eigenvalue weighted by molar-refractivity contribution is -0.136. The Balaban J connectivity index is 2.40. The van der Waals surface area contributed by atoms with Crippen molar-refractivity contribution in [1.29, 1.82) is 0 Å². The quantitative estimate of drug-likeness (QED) is 0.897. The Morgan fingerprint density at radius 2 is 1.75 bits per heavy atom. The smallest absolute Gasteiger partial charge is 0.303 e. The molecule has 4 nitrogen and oxygen atoms in total. The van der Waals surface area contributed by atoms with E-state index in [9.17, 15) is 4.79 Å². The third kappa shape index (κ3) is 2.74. The van der Waals surface area contributed by atoms with Gasteiger partial charge in [-0.2, -0.15) is 5.10 Å². The van der Waals surface area contributed by atoms with E-state index in [0.29, 0.717) is 6.42 Å². The van der Waals surface area contributed by atoms with Crippen LogP contribution in [0.15, 0.2) is 12.1 Å². The van der Waals surface area contributed by atoms with Crippen molar-refractivity contribution in [3.8, 4) is 11.3 Å². The standard InChI is InChI=1S/C16H20N2O2/c1-9-7-10(2)12(4)16(11(9)3)14-8-13(17-18-14)5-6-15(19)20/h7-8H,5-6H2,1-4H3,(H,17,18)(H,19,20). The molecule has 0 unspecified atom stereocenters. The lowest BCUT2D eigenvalue weighted by Gasteiger charge is -2.13. The van der Waals surface area contributed by atoms with Crippen molar-refractivity contribution in [2.75, 3.05) is 0 Å². The molecule has 0 saturated heterocycles. The zero-order chi connectivity index (χ0) is 14.9. The van der Waals surface area contributed by atoms with Crippen LogP contribution in [0.4, 0.5) is 0 Å². The second kappa shape index (κ2) is 5.49. The van der Waals surface area contributed by atoms with E-state index in [0.717, 1.165) is 17.0 Å². The van der Waals surface area contributed by atoms with Crippen LogP contribution in [-0.2, 0) is 11.2 Å². The number of carboxylic acid groups (broad SMARTS) is 1. The molecule has 4 heteroatoms. The van der Waals surface area contributed by atoms with Crippen molar-refractivity contribution < 1.29 is 9.90 Å². The summed E-state index contributed by atoms with van der Waals surface area (Å²) in [5, 5.41) is 16.0. The fourth-order valence-electron chi connectivity index (χ4n) is 2.46.